The average Bonchev–Trinajstić information content (AvgIpc) is 2.30. The monoisotopic (exact) mass is 344 g/mol. The van der Waals surface area contributed by atoms with Crippen LogP contribution in [0.25, 0.3) is 0 Å². The fraction of sp³-hybridized carbons (Fsp3) is 0.273. The van der Waals surface area contributed by atoms with Gasteiger partial charge in [-0.25, -0.2) is 4.79 Å². The third kappa shape index (κ3) is 3.58. The van der Waals surface area contributed by atoms with Crippen molar-refractivity contribution < 1.29 is 27.9 Å². The van der Waals surface area contributed by atoms with Crippen molar-refractivity contribution in [2.75, 3.05) is 5.32 Å². The first-order chi connectivity index (χ1) is 9.37. The Kier molecular flexibility index (Phi) is 4.76. The Balaban J connectivity index is 3.26. The molecule has 116 valence electrons. The zero-order valence-electron chi connectivity index (χ0n) is 10.4. The Morgan fingerprint density at radius 2 is 1.81 bits per heavy atom. The molecule has 1 aromatic rings. The number of halogens is 5. The molecule has 4 N–H and O–H groups in total. The molecule has 5 nitrogen and oxygen atoms in total. The van der Waals surface area contributed by atoms with Gasteiger partial charge < -0.3 is 16.2 Å². The maximum absolute atomic E-state index is 12.7. The van der Waals surface area contributed by atoms with Crippen LogP contribution in [0, 0.1) is 0 Å². The van der Waals surface area contributed by atoms with Crippen LogP contribution < -0.4 is 11.1 Å². The molecule has 0 aliphatic heterocycles. The van der Waals surface area contributed by atoms with Crippen LogP contribution in [-0.4, -0.2) is 28.7 Å². The van der Waals surface area contributed by atoms with Crippen molar-refractivity contribution in [3.8, 4) is 0 Å². The van der Waals surface area contributed by atoms with Crippen molar-refractivity contribution in [1.29, 1.82) is 0 Å². The van der Waals surface area contributed by atoms with Crippen molar-refractivity contribution in [3.05, 3.63) is 27.7 Å². The maximum Gasteiger partial charge on any atom is 0.415 e. The van der Waals surface area contributed by atoms with Crippen LogP contribution in [-0.2, 0) is 4.79 Å². The number of carboxylic acid groups (broad SMARTS) is 1. The molecule has 1 rings (SSSR count). The van der Waals surface area contributed by atoms with E-state index in [4.69, 9.17) is 34.0 Å². The number of rotatable bonds is 3. The number of anilines is 1. The van der Waals surface area contributed by atoms with E-state index in [1.165, 1.54) is 0 Å². The number of carbonyl (C=O) groups is 2. The van der Waals surface area contributed by atoms with Gasteiger partial charge in [0.25, 0.3) is 5.91 Å². The summed E-state index contributed by atoms with van der Waals surface area (Å²) >= 11 is 11.3. The van der Waals surface area contributed by atoms with Crippen molar-refractivity contribution in [3.63, 3.8) is 0 Å². The van der Waals surface area contributed by atoms with Gasteiger partial charge >= 0.3 is 12.1 Å². The summed E-state index contributed by atoms with van der Waals surface area (Å²) in [6.45, 7) is 0.451. The van der Waals surface area contributed by atoms with E-state index in [0.29, 0.717) is 6.92 Å². The smallest absolute Gasteiger partial charge is 0.415 e. The predicted molar refractivity (Wildman–Crippen MR) is 70.7 cm³/mol. The van der Waals surface area contributed by atoms with Gasteiger partial charge in [0.15, 0.2) is 5.54 Å². The first-order valence-corrected chi connectivity index (χ1v) is 6.03. The Labute approximate surface area is 126 Å². The number of carboxylic acids is 1. The second kappa shape index (κ2) is 5.70. The van der Waals surface area contributed by atoms with Crippen LogP contribution in [0.1, 0.15) is 17.3 Å². The number of hydrogen-bond acceptors (Lipinski definition) is 3. The van der Waals surface area contributed by atoms with E-state index in [-0.39, 0.29) is 10.0 Å². The second-order valence-corrected chi connectivity index (χ2v) is 5.11. The zero-order valence-corrected chi connectivity index (χ0v) is 11.9. The number of nitrogens with one attached hydrogen (secondary N) is 1. The summed E-state index contributed by atoms with van der Waals surface area (Å²) in [6.07, 6.45) is -5.03. The first kappa shape index (κ1) is 17.5. The van der Waals surface area contributed by atoms with E-state index in [9.17, 15) is 22.8 Å². The van der Waals surface area contributed by atoms with Gasteiger partial charge in [0.2, 0.25) is 0 Å². The highest BCUT2D eigenvalue weighted by Crippen LogP contribution is 2.33. The average molecular weight is 345 g/mol. The maximum atomic E-state index is 12.7. The van der Waals surface area contributed by atoms with E-state index in [1.54, 1.807) is 5.32 Å². The lowest BCUT2D eigenvalue weighted by Gasteiger charge is -2.26. The van der Waals surface area contributed by atoms with Gasteiger partial charge in [0.1, 0.15) is 0 Å². The summed E-state index contributed by atoms with van der Waals surface area (Å²) in [6, 6.07) is 2.01. The third-order valence-corrected chi connectivity index (χ3v) is 3.10. The molecule has 21 heavy (non-hydrogen) atoms. The summed E-state index contributed by atoms with van der Waals surface area (Å²) in [5.74, 6) is -3.18. The van der Waals surface area contributed by atoms with Crippen molar-refractivity contribution in [2.45, 2.75) is 18.6 Å². The molecule has 0 aliphatic rings. The zero-order chi connectivity index (χ0) is 16.6. The number of amides is 1. The number of alkyl halides is 3. The quantitative estimate of drug-likeness (QED) is 0.785. The minimum atomic E-state index is -5.03. The second-order valence-electron chi connectivity index (χ2n) is 4.27. The molecule has 0 bridgehead atoms. The Morgan fingerprint density at radius 1 is 1.29 bits per heavy atom. The molecule has 1 aromatic carbocycles. The van der Waals surface area contributed by atoms with Gasteiger partial charge in [-0.3, -0.25) is 4.79 Å². The summed E-state index contributed by atoms with van der Waals surface area (Å²) in [4.78, 5) is 22.7. The molecular weight excluding hydrogens is 336 g/mol. The van der Waals surface area contributed by atoms with Crippen LogP contribution in [0.2, 0.25) is 10.0 Å². The lowest BCUT2D eigenvalue weighted by Crippen LogP contribution is -2.59. The lowest BCUT2D eigenvalue weighted by molar-refractivity contribution is -0.184. The van der Waals surface area contributed by atoms with E-state index in [2.05, 4.69) is 0 Å². The molecule has 0 saturated heterocycles. The van der Waals surface area contributed by atoms with Gasteiger partial charge in [-0.1, -0.05) is 23.2 Å². The number of carbonyl (C=O) groups excluding carboxylic acids is 1. The molecule has 1 amide bonds. The SMILES string of the molecule is CC(N)(C(=O)Nc1c(Cl)cc(Cl)cc1C(=O)O)C(F)(F)F. The standard InChI is InChI=1S/C11H9Cl2F3N2O3/c1-10(17,11(14,15)16)9(21)18-7-5(8(19)20)2-4(12)3-6(7)13/h2-3H,17H2,1H3,(H,18,21)(H,19,20). The molecule has 0 saturated carbocycles. The molecule has 0 heterocycles. The molecule has 0 spiro atoms. The van der Waals surface area contributed by atoms with E-state index >= 15 is 0 Å². The van der Waals surface area contributed by atoms with E-state index in [0.717, 1.165) is 12.1 Å². The molecule has 0 radical (unpaired) electrons. The van der Waals surface area contributed by atoms with Gasteiger partial charge in [-0.2, -0.15) is 13.2 Å². The van der Waals surface area contributed by atoms with Crippen molar-refractivity contribution >= 4 is 40.8 Å². The van der Waals surface area contributed by atoms with Crippen molar-refractivity contribution in [1.82, 2.24) is 0 Å². The number of aromatic carboxylic acids is 1. The van der Waals surface area contributed by atoms with E-state index in [1.807, 2.05) is 0 Å². The van der Waals surface area contributed by atoms with Crippen LogP contribution in [0.15, 0.2) is 12.1 Å². The molecule has 1 unspecified atom stereocenters. The number of nitrogens with two attached hydrogens (primary N) is 1. The lowest BCUT2D eigenvalue weighted by atomic mass is 10.0. The van der Waals surface area contributed by atoms with Gasteiger partial charge in [-0.15, -0.1) is 0 Å². The molecule has 0 fully saturated rings. The molecule has 0 aliphatic carbocycles. The van der Waals surface area contributed by atoms with E-state index < -0.39 is 34.8 Å². The Morgan fingerprint density at radius 3 is 2.24 bits per heavy atom. The van der Waals surface area contributed by atoms with Crippen LogP contribution in [0.4, 0.5) is 18.9 Å². The Hall–Kier alpha value is -1.51. The summed E-state index contributed by atoms with van der Waals surface area (Å²) in [5, 5.41) is 10.4. The normalized spacial score (nSPS) is 14.4. The van der Waals surface area contributed by atoms with Crippen molar-refractivity contribution in [2.24, 2.45) is 5.73 Å². The highest BCUT2D eigenvalue weighted by Gasteiger charge is 2.54. The fourth-order valence-corrected chi connectivity index (χ4v) is 1.78. The van der Waals surface area contributed by atoms with Gasteiger partial charge in [0, 0.05) is 5.02 Å². The van der Waals surface area contributed by atoms with Crippen LogP contribution >= 0.6 is 23.2 Å². The number of benzene rings is 1. The molecular formula is C11H9Cl2F3N2O3. The molecule has 0 aromatic heterocycles. The summed E-state index contributed by atoms with van der Waals surface area (Å²) in [5.41, 5.74) is 0.650. The molecule has 10 heteroatoms. The third-order valence-electron chi connectivity index (χ3n) is 2.58. The van der Waals surface area contributed by atoms with Gasteiger partial charge in [0.05, 0.1) is 16.3 Å². The highest BCUT2D eigenvalue weighted by atomic mass is 35.5. The summed E-state index contributed by atoms with van der Waals surface area (Å²) < 4.78 is 38.0. The van der Waals surface area contributed by atoms with Gasteiger partial charge in [-0.05, 0) is 19.1 Å². The minimum Gasteiger partial charge on any atom is -0.478 e. The van der Waals surface area contributed by atoms with Crippen LogP contribution in [0.5, 0.6) is 0 Å². The summed E-state index contributed by atoms with van der Waals surface area (Å²) in [7, 11) is 0. The van der Waals surface area contributed by atoms with Crippen LogP contribution in [0.3, 0.4) is 0 Å². The first-order valence-electron chi connectivity index (χ1n) is 5.27. The fourth-order valence-electron chi connectivity index (χ4n) is 1.24. The Bertz CT molecular complexity index is 603. The largest absolute Gasteiger partial charge is 0.478 e. The highest BCUT2D eigenvalue weighted by molar-refractivity contribution is 6.37. The number of hydrogen-bond donors (Lipinski definition) is 3. The predicted octanol–water partition coefficient (Wildman–Crippen LogP) is 2.91. The molecule has 1 atom stereocenters. The minimum absolute atomic E-state index is 0.0540. The topological polar surface area (TPSA) is 92.4 Å².